The van der Waals surface area contributed by atoms with Crippen LogP contribution in [0.4, 0.5) is 4.39 Å². The lowest BCUT2D eigenvalue weighted by atomic mass is 10.1. The van der Waals surface area contributed by atoms with Crippen LogP contribution in [0.5, 0.6) is 0 Å². The summed E-state index contributed by atoms with van der Waals surface area (Å²) in [5.41, 5.74) is 0.654. The Kier molecular flexibility index (Phi) is 5.62. The number of halogens is 2. The molecule has 0 aliphatic heterocycles. The zero-order valence-corrected chi connectivity index (χ0v) is 10.6. The SMILES string of the molecule is CCCCCC=Cc1cc(Br)ccc1F. The van der Waals surface area contributed by atoms with Crippen molar-refractivity contribution in [2.75, 3.05) is 0 Å². The lowest BCUT2D eigenvalue weighted by Crippen LogP contribution is -1.81. The molecular weight excluding hydrogens is 255 g/mol. The fourth-order valence-electron chi connectivity index (χ4n) is 1.36. The monoisotopic (exact) mass is 270 g/mol. The highest BCUT2D eigenvalue weighted by Crippen LogP contribution is 2.17. The van der Waals surface area contributed by atoms with E-state index in [1.54, 1.807) is 12.1 Å². The van der Waals surface area contributed by atoms with E-state index < -0.39 is 0 Å². The third kappa shape index (κ3) is 4.61. The van der Waals surface area contributed by atoms with Crippen LogP contribution >= 0.6 is 15.9 Å². The minimum Gasteiger partial charge on any atom is -0.206 e. The van der Waals surface area contributed by atoms with Gasteiger partial charge in [0, 0.05) is 10.0 Å². The second-order valence-electron chi connectivity index (χ2n) is 3.56. The van der Waals surface area contributed by atoms with E-state index >= 15 is 0 Å². The average molecular weight is 271 g/mol. The summed E-state index contributed by atoms with van der Waals surface area (Å²) < 4.78 is 14.2. The molecule has 0 bridgehead atoms. The molecule has 0 atom stereocenters. The van der Waals surface area contributed by atoms with Crippen molar-refractivity contribution in [2.24, 2.45) is 0 Å². The summed E-state index contributed by atoms with van der Waals surface area (Å²) in [6, 6.07) is 4.99. The van der Waals surface area contributed by atoms with Crippen molar-refractivity contribution in [3.05, 3.63) is 40.1 Å². The van der Waals surface area contributed by atoms with Gasteiger partial charge in [0.15, 0.2) is 0 Å². The highest BCUT2D eigenvalue weighted by atomic mass is 79.9. The molecule has 15 heavy (non-hydrogen) atoms. The standard InChI is InChI=1S/C13H16BrF/c1-2-3-4-5-6-7-11-10-12(14)8-9-13(11)15/h6-10H,2-5H2,1H3. The van der Waals surface area contributed by atoms with Crippen molar-refractivity contribution in [2.45, 2.75) is 32.6 Å². The Morgan fingerprint density at radius 2 is 2.13 bits per heavy atom. The van der Waals surface area contributed by atoms with E-state index in [1.165, 1.54) is 25.3 Å². The third-order valence-corrected chi connectivity index (χ3v) is 2.72. The molecule has 0 radical (unpaired) electrons. The van der Waals surface area contributed by atoms with E-state index in [1.807, 2.05) is 12.2 Å². The van der Waals surface area contributed by atoms with Crippen molar-refractivity contribution in [3.8, 4) is 0 Å². The zero-order valence-electron chi connectivity index (χ0n) is 8.97. The van der Waals surface area contributed by atoms with Crippen LogP contribution in [0.1, 0.15) is 38.2 Å². The molecule has 0 amide bonds. The van der Waals surface area contributed by atoms with Crippen molar-refractivity contribution >= 4 is 22.0 Å². The Labute approximate surface area is 99.3 Å². The molecule has 1 aromatic carbocycles. The largest absolute Gasteiger partial charge is 0.206 e. The molecule has 2 heteroatoms. The van der Waals surface area contributed by atoms with Gasteiger partial charge in [-0.1, -0.05) is 47.8 Å². The average Bonchev–Trinajstić information content (AvgIpc) is 2.23. The van der Waals surface area contributed by atoms with Gasteiger partial charge in [0.25, 0.3) is 0 Å². The molecule has 0 spiro atoms. The first kappa shape index (κ1) is 12.4. The van der Waals surface area contributed by atoms with Crippen LogP contribution in [0.15, 0.2) is 28.7 Å². The third-order valence-electron chi connectivity index (χ3n) is 2.23. The summed E-state index contributed by atoms with van der Waals surface area (Å²) in [7, 11) is 0. The predicted octanol–water partition coefficient (Wildman–Crippen LogP) is 5.18. The van der Waals surface area contributed by atoms with Gasteiger partial charge in [0.05, 0.1) is 0 Å². The Morgan fingerprint density at radius 1 is 1.33 bits per heavy atom. The lowest BCUT2D eigenvalue weighted by Gasteiger charge is -1.97. The van der Waals surface area contributed by atoms with Crippen LogP contribution in [-0.2, 0) is 0 Å². The summed E-state index contributed by atoms with van der Waals surface area (Å²) >= 11 is 3.33. The molecular formula is C13H16BrF. The Morgan fingerprint density at radius 3 is 2.87 bits per heavy atom. The molecule has 82 valence electrons. The minimum atomic E-state index is -0.162. The number of rotatable bonds is 5. The first-order valence-corrected chi connectivity index (χ1v) is 6.15. The molecule has 0 nitrogen and oxygen atoms in total. The maximum Gasteiger partial charge on any atom is 0.130 e. The number of hydrogen-bond donors (Lipinski definition) is 0. The van der Waals surface area contributed by atoms with Crippen LogP contribution in [-0.4, -0.2) is 0 Å². The van der Waals surface area contributed by atoms with Crippen LogP contribution in [0, 0.1) is 5.82 Å². The number of unbranched alkanes of at least 4 members (excludes halogenated alkanes) is 3. The molecule has 1 aromatic rings. The highest BCUT2D eigenvalue weighted by Gasteiger charge is 1.97. The fourth-order valence-corrected chi connectivity index (χ4v) is 1.74. The Balaban J connectivity index is 2.52. The van der Waals surface area contributed by atoms with Gasteiger partial charge >= 0.3 is 0 Å². The molecule has 0 fully saturated rings. The zero-order chi connectivity index (χ0) is 11.1. The van der Waals surface area contributed by atoms with E-state index in [2.05, 4.69) is 22.9 Å². The predicted molar refractivity (Wildman–Crippen MR) is 67.3 cm³/mol. The first-order chi connectivity index (χ1) is 7.24. The van der Waals surface area contributed by atoms with Crippen molar-refractivity contribution in [1.29, 1.82) is 0 Å². The van der Waals surface area contributed by atoms with Crippen LogP contribution in [0.25, 0.3) is 6.08 Å². The van der Waals surface area contributed by atoms with E-state index in [0.717, 1.165) is 10.9 Å². The maximum absolute atomic E-state index is 13.3. The van der Waals surface area contributed by atoms with Gasteiger partial charge in [-0.25, -0.2) is 4.39 Å². The molecule has 0 aliphatic rings. The quantitative estimate of drug-likeness (QED) is 0.647. The molecule has 0 saturated heterocycles. The van der Waals surface area contributed by atoms with Gasteiger partial charge < -0.3 is 0 Å². The van der Waals surface area contributed by atoms with Crippen LogP contribution in [0.3, 0.4) is 0 Å². The fraction of sp³-hybridized carbons (Fsp3) is 0.385. The van der Waals surface area contributed by atoms with Crippen molar-refractivity contribution in [1.82, 2.24) is 0 Å². The number of hydrogen-bond acceptors (Lipinski definition) is 0. The first-order valence-electron chi connectivity index (χ1n) is 5.35. The Bertz CT molecular complexity index is 331. The van der Waals surface area contributed by atoms with Gasteiger partial charge in [-0.2, -0.15) is 0 Å². The lowest BCUT2D eigenvalue weighted by molar-refractivity contribution is 0.624. The van der Waals surface area contributed by atoms with E-state index in [-0.39, 0.29) is 5.82 Å². The molecule has 0 saturated carbocycles. The van der Waals surface area contributed by atoms with Gasteiger partial charge in [0.1, 0.15) is 5.82 Å². The summed E-state index contributed by atoms with van der Waals surface area (Å²) in [5, 5.41) is 0. The summed E-state index contributed by atoms with van der Waals surface area (Å²) in [5.74, 6) is -0.162. The van der Waals surface area contributed by atoms with Crippen LogP contribution in [0.2, 0.25) is 0 Å². The van der Waals surface area contributed by atoms with Gasteiger partial charge in [-0.3, -0.25) is 0 Å². The number of allylic oxidation sites excluding steroid dienone is 1. The van der Waals surface area contributed by atoms with E-state index in [0.29, 0.717) is 5.56 Å². The van der Waals surface area contributed by atoms with Gasteiger partial charge in [0.2, 0.25) is 0 Å². The topological polar surface area (TPSA) is 0 Å². The summed E-state index contributed by atoms with van der Waals surface area (Å²) in [6.45, 7) is 2.18. The second-order valence-corrected chi connectivity index (χ2v) is 4.48. The molecule has 0 aliphatic carbocycles. The molecule has 0 unspecified atom stereocenters. The molecule has 1 rings (SSSR count). The number of benzene rings is 1. The second kappa shape index (κ2) is 6.78. The van der Waals surface area contributed by atoms with E-state index in [4.69, 9.17) is 0 Å². The smallest absolute Gasteiger partial charge is 0.130 e. The van der Waals surface area contributed by atoms with Crippen molar-refractivity contribution in [3.63, 3.8) is 0 Å². The van der Waals surface area contributed by atoms with Crippen LogP contribution < -0.4 is 0 Å². The Hall–Kier alpha value is -0.630. The van der Waals surface area contributed by atoms with Crippen molar-refractivity contribution < 1.29 is 4.39 Å². The molecule has 0 N–H and O–H groups in total. The van der Waals surface area contributed by atoms with Gasteiger partial charge in [-0.05, 0) is 31.0 Å². The normalized spacial score (nSPS) is 11.1. The van der Waals surface area contributed by atoms with Gasteiger partial charge in [-0.15, -0.1) is 0 Å². The minimum absolute atomic E-state index is 0.162. The summed E-state index contributed by atoms with van der Waals surface area (Å²) in [4.78, 5) is 0. The maximum atomic E-state index is 13.3. The summed E-state index contributed by atoms with van der Waals surface area (Å²) in [6.07, 6.45) is 8.57. The molecule has 0 aromatic heterocycles. The molecule has 0 heterocycles. The van der Waals surface area contributed by atoms with E-state index in [9.17, 15) is 4.39 Å². The highest BCUT2D eigenvalue weighted by molar-refractivity contribution is 9.10.